The topological polar surface area (TPSA) is 72.5 Å². The highest BCUT2D eigenvalue weighted by atomic mass is 19.4. The summed E-state index contributed by atoms with van der Waals surface area (Å²) in [5, 5.41) is 1.73. The van der Waals surface area contributed by atoms with E-state index in [-0.39, 0.29) is 39.4 Å². The Morgan fingerprint density at radius 1 is 0.767 bits per heavy atom. The number of anilines is 1. The average Bonchev–Trinajstić information content (AvgIpc) is 2.73. The van der Waals surface area contributed by atoms with Crippen LogP contribution >= 0.6 is 0 Å². The number of carbonyl (C=O) groups is 3. The van der Waals surface area contributed by atoms with E-state index in [1.54, 1.807) is 35.6 Å². The van der Waals surface area contributed by atoms with Crippen molar-refractivity contribution in [3.05, 3.63) is 89.0 Å². The van der Waals surface area contributed by atoms with Gasteiger partial charge in [-0.15, -0.1) is 0 Å². The number of carbonyl (C=O) groups excluding carboxylic acids is 3. The molecule has 0 aromatic heterocycles. The number of halogens is 3. The predicted octanol–water partition coefficient (Wildman–Crippen LogP) is 4.76. The molecule has 0 atom stereocenters. The van der Waals surface area contributed by atoms with Crippen LogP contribution in [0.2, 0.25) is 0 Å². The van der Waals surface area contributed by atoms with Crippen LogP contribution in [0.3, 0.4) is 0 Å². The number of amides is 1. The first-order valence-electron chi connectivity index (χ1n) is 8.74. The van der Waals surface area contributed by atoms with E-state index < -0.39 is 23.6 Å². The van der Waals surface area contributed by atoms with Crippen molar-refractivity contribution >= 4 is 23.2 Å². The maximum atomic E-state index is 13.1. The van der Waals surface area contributed by atoms with Crippen LogP contribution in [0.25, 0.3) is 0 Å². The molecule has 0 fully saturated rings. The molecule has 0 saturated heterocycles. The molecule has 8 heteroatoms. The van der Waals surface area contributed by atoms with E-state index in [1.165, 1.54) is 30.3 Å². The summed E-state index contributed by atoms with van der Waals surface area (Å²) < 4.78 is 44.1. The Morgan fingerprint density at radius 2 is 1.37 bits per heavy atom. The van der Waals surface area contributed by atoms with Crippen molar-refractivity contribution < 1.29 is 32.3 Å². The second-order valence-corrected chi connectivity index (χ2v) is 6.44. The zero-order valence-corrected chi connectivity index (χ0v) is 15.1. The van der Waals surface area contributed by atoms with E-state index in [0.717, 1.165) is 6.07 Å². The van der Waals surface area contributed by atoms with Crippen molar-refractivity contribution in [2.24, 2.45) is 0 Å². The Kier molecular flexibility index (Phi) is 4.62. The van der Waals surface area contributed by atoms with E-state index in [4.69, 9.17) is 4.74 Å². The molecule has 0 saturated carbocycles. The number of fused-ring (bicyclic) bond motifs is 2. The first-order valence-corrected chi connectivity index (χ1v) is 8.74. The Labute approximate surface area is 168 Å². The monoisotopic (exact) mass is 411 g/mol. The molecule has 0 heterocycles. The minimum absolute atomic E-state index is 0.0189. The second-order valence-electron chi connectivity index (χ2n) is 6.44. The van der Waals surface area contributed by atoms with Gasteiger partial charge in [-0.1, -0.05) is 42.5 Å². The van der Waals surface area contributed by atoms with Gasteiger partial charge < -0.3 is 10.1 Å². The van der Waals surface area contributed by atoms with Gasteiger partial charge in [0.15, 0.2) is 17.3 Å². The van der Waals surface area contributed by atoms with Crippen LogP contribution in [0.5, 0.6) is 11.5 Å². The molecular weight excluding hydrogens is 399 g/mol. The number of ether oxygens (including phenoxy) is 1. The minimum atomic E-state index is -5.15. The third kappa shape index (κ3) is 3.32. The van der Waals surface area contributed by atoms with Crippen LogP contribution in [-0.2, 0) is 4.79 Å². The standard InChI is InChI=1S/C22H12F3NO4/c23-22(24,25)21(29)26-16-11-10-15-17(20(16)30-12-6-2-1-3-7-12)19(28)14-9-5-4-8-13(14)18(15)27/h1-11H,(H,26,29). The lowest BCUT2D eigenvalue weighted by atomic mass is 9.83. The summed E-state index contributed by atoms with van der Waals surface area (Å²) in [7, 11) is 0. The smallest absolute Gasteiger partial charge is 0.454 e. The van der Waals surface area contributed by atoms with Gasteiger partial charge >= 0.3 is 12.1 Å². The number of alkyl halides is 3. The van der Waals surface area contributed by atoms with Crippen molar-refractivity contribution in [2.75, 3.05) is 5.32 Å². The summed E-state index contributed by atoms with van der Waals surface area (Å²) >= 11 is 0. The first-order chi connectivity index (χ1) is 14.3. The largest absolute Gasteiger partial charge is 0.471 e. The summed E-state index contributed by atoms with van der Waals surface area (Å²) in [6.45, 7) is 0. The molecule has 1 aliphatic carbocycles. The van der Waals surface area contributed by atoms with Crippen LogP contribution in [-0.4, -0.2) is 23.6 Å². The highest BCUT2D eigenvalue weighted by molar-refractivity contribution is 6.30. The Balaban J connectivity index is 1.90. The molecule has 3 aromatic rings. The maximum absolute atomic E-state index is 13.1. The van der Waals surface area contributed by atoms with Gasteiger partial charge in [-0.2, -0.15) is 13.2 Å². The van der Waals surface area contributed by atoms with Crippen LogP contribution in [0, 0.1) is 0 Å². The lowest BCUT2D eigenvalue weighted by Gasteiger charge is -2.22. The van der Waals surface area contributed by atoms with Crippen molar-refractivity contribution in [2.45, 2.75) is 6.18 Å². The fourth-order valence-corrected chi connectivity index (χ4v) is 3.16. The van der Waals surface area contributed by atoms with Crippen LogP contribution in [0.1, 0.15) is 31.8 Å². The lowest BCUT2D eigenvalue weighted by Crippen LogP contribution is -2.30. The van der Waals surface area contributed by atoms with Crippen molar-refractivity contribution in [1.82, 2.24) is 0 Å². The molecule has 0 radical (unpaired) electrons. The van der Waals surface area contributed by atoms with Crippen molar-refractivity contribution in [3.8, 4) is 11.5 Å². The molecule has 4 rings (SSSR count). The summed E-state index contributed by atoms with van der Waals surface area (Å²) in [5.74, 6) is -3.40. The van der Waals surface area contributed by atoms with E-state index in [0.29, 0.717) is 0 Å². The average molecular weight is 411 g/mol. The molecule has 30 heavy (non-hydrogen) atoms. The van der Waals surface area contributed by atoms with Gasteiger partial charge in [0.05, 0.1) is 11.3 Å². The number of para-hydroxylation sites is 1. The second kappa shape index (κ2) is 7.14. The molecule has 0 aliphatic heterocycles. The van der Waals surface area contributed by atoms with E-state index in [9.17, 15) is 27.6 Å². The molecule has 0 spiro atoms. The van der Waals surface area contributed by atoms with Crippen molar-refractivity contribution in [3.63, 3.8) is 0 Å². The van der Waals surface area contributed by atoms with E-state index >= 15 is 0 Å². The number of nitrogens with one attached hydrogen (secondary N) is 1. The quantitative estimate of drug-likeness (QED) is 0.528. The zero-order valence-electron chi connectivity index (χ0n) is 15.1. The Bertz CT molecular complexity index is 1190. The van der Waals surface area contributed by atoms with Gasteiger partial charge in [-0.3, -0.25) is 14.4 Å². The normalized spacial score (nSPS) is 12.8. The van der Waals surface area contributed by atoms with Gasteiger partial charge in [0.2, 0.25) is 0 Å². The maximum Gasteiger partial charge on any atom is 0.471 e. The Hall–Kier alpha value is -3.94. The lowest BCUT2D eigenvalue weighted by molar-refractivity contribution is -0.167. The SMILES string of the molecule is O=C1c2ccccc2C(=O)c2c1ccc(NC(=O)C(F)(F)F)c2Oc1ccccc1. The zero-order chi connectivity index (χ0) is 21.5. The van der Waals surface area contributed by atoms with Crippen LogP contribution in [0.15, 0.2) is 66.7 Å². The van der Waals surface area contributed by atoms with Gasteiger partial charge in [0, 0.05) is 16.7 Å². The fraction of sp³-hybridized carbons (Fsp3) is 0.0455. The van der Waals surface area contributed by atoms with Crippen LogP contribution in [0.4, 0.5) is 18.9 Å². The molecule has 1 aliphatic rings. The Morgan fingerprint density at radius 3 is 2.00 bits per heavy atom. The molecule has 0 bridgehead atoms. The fourth-order valence-electron chi connectivity index (χ4n) is 3.16. The van der Waals surface area contributed by atoms with Gasteiger partial charge in [-0.05, 0) is 24.3 Å². The third-order valence-corrected chi connectivity index (χ3v) is 4.51. The number of rotatable bonds is 3. The number of ketones is 2. The van der Waals surface area contributed by atoms with Gasteiger partial charge in [0.1, 0.15) is 5.75 Å². The minimum Gasteiger partial charge on any atom is -0.454 e. The van der Waals surface area contributed by atoms with E-state index in [1.807, 2.05) is 0 Å². The third-order valence-electron chi connectivity index (χ3n) is 4.51. The van der Waals surface area contributed by atoms with E-state index in [2.05, 4.69) is 0 Å². The molecule has 5 nitrogen and oxygen atoms in total. The van der Waals surface area contributed by atoms with Crippen LogP contribution < -0.4 is 10.1 Å². The molecule has 1 N–H and O–H groups in total. The first kappa shape index (κ1) is 19.4. The van der Waals surface area contributed by atoms with Crippen molar-refractivity contribution in [1.29, 1.82) is 0 Å². The molecule has 1 amide bonds. The summed E-state index contributed by atoms with van der Waals surface area (Å²) in [4.78, 5) is 37.5. The molecule has 0 unspecified atom stereocenters. The number of hydrogen-bond acceptors (Lipinski definition) is 4. The predicted molar refractivity (Wildman–Crippen MR) is 101 cm³/mol. The van der Waals surface area contributed by atoms with Gasteiger partial charge in [0.25, 0.3) is 0 Å². The summed E-state index contributed by atoms with van der Waals surface area (Å²) in [6.07, 6.45) is -5.15. The summed E-state index contributed by atoms with van der Waals surface area (Å²) in [6, 6.07) is 16.4. The molecule has 3 aromatic carbocycles. The summed E-state index contributed by atoms with van der Waals surface area (Å²) in [5.41, 5.74) is -0.308. The molecular formula is C22H12F3NO4. The molecule has 150 valence electrons. The number of hydrogen-bond donors (Lipinski definition) is 1. The highest BCUT2D eigenvalue weighted by Crippen LogP contribution is 2.41. The van der Waals surface area contributed by atoms with Gasteiger partial charge in [-0.25, -0.2) is 0 Å². The number of benzene rings is 3. The highest BCUT2D eigenvalue weighted by Gasteiger charge is 2.40.